The number of aryl methyl sites for hydroxylation is 1. The number of hydrogen-bond acceptors (Lipinski definition) is 6. The number of carbonyl (C=O) groups is 3. The third-order valence-electron chi connectivity index (χ3n) is 5.69. The zero-order valence-corrected chi connectivity index (χ0v) is 22.1. The SMILES string of the molecule is Cc1ccc(CNCC(=O)Nc2ccc(C#CC#Cc3ccc(C(=O)N[C@H](C(=O)NO)[C@@H](C)O)cc3)cc2)cc1. The number of benzene rings is 3. The molecule has 9 nitrogen and oxygen atoms in total. The van der Waals surface area contributed by atoms with Crippen LogP contribution in [0.3, 0.4) is 0 Å². The maximum atomic E-state index is 12.3. The third kappa shape index (κ3) is 9.43. The quantitative estimate of drug-likeness (QED) is 0.140. The van der Waals surface area contributed by atoms with Gasteiger partial charge in [-0.15, -0.1) is 0 Å². The van der Waals surface area contributed by atoms with Crippen LogP contribution in [0.15, 0.2) is 72.8 Å². The molecule has 0 aliphatic rings. The van der Waals surface area contributed by atoms with Gasteiger partial charge in [-0.05, 0) is 79.8 Å². The van der Waals surface area contributed by atoms with E-state index in [1.807, 2.05) is 31.2 Å². The molecule has 0 saturated heterocycles. The van der Waals surface area contributed by atoms with E-state index in [0.29, 0.717) is 17.8 Å². The lowest BCUT2D eigenvalue weighted by molar-refractivity contribution is -0.133. The van der Waals surface area contributed by atoms with Gasteiger partial charge in [0.1, 0.15) is 6.04 Å². The maximum absolute atomic E-state index is 12.3. The van der Waals surface area contributed by atoms with Gasteiger partial charge >= 0.3 is 0 Å². The van der Waals surface area contributed by atoms with E-state index in [4.69, 9.17) is 5.21 Å². The molecule has 40 heavy (non-hydrogen) atoms. The van der Waals surface area contributed by atoms with Crippen LogP contribution in [0.25, 0.3) is 0 Å². The zero-order valence-electron chi connectivity index (χ0n) is 22.1. The molecule has 0 aromatic heterocycles. The molecule has 0 aliphatic heterocycles. The molecule has 0 saturated carbocycles. The summed E-state index contributed by atoms with van der Waals surface area (Å²) in [5, 5.41) is 26.7. The molecule has 2 atom stereocenters. The lowest BCUT2D eigenvalue weighted by Crippen LogP contribution is -2.51. The molecule has 0 radical (unpaired) electrons. The average molecular weight is 539 g/mol. The van der Waals surface area contributed by atoms with Crippen molar-refractivity contribution in [3.63, 3.8) is 0 Å². The molecule has 6 N–H and O–H groups in total. The minimum absolute atomic E-state index is 0.140. The number of rotatable bonds is 9. The van der Waals surface area contributed by atoms with Crippen molar-refractivity contribution in [3.8, 4) is 23.7 Å². The highest BCUT2D eigenvalue weighted by Gasteiger charge is 2.25. The van der Waals surface area contributed by atoms with E-state index in [-0.39, 0.29) is 18.0 Å². The Bertz CT molecular complexity index is 1440. The molecule has 0 unspecified atom stereocenters. The van der Waals surface area contributed by atoms with Crippen LogP contribution in [0, 0.1) is 30.6 Å². The van der Waals surface area contributed by atoms with Crippen molar-refractivity contribution in [3.05, 3.63) is 101 Å². The minimum atomic E-state index is -1.30. The molecule has 0 heterocycles. The number of hydrogen-bond donors (Lipinski definition) is 6. The van der Waals surface area contributed by atoms with E-state index in [0.717, 1.165) is 11.1 Å². The summed E-state index contributed by atoms with van der Waals surface area (Å²) >= 11 is 0. The highest BCUT2D eigenvalue weighted by molar-refractivity contribution is 5.97. The monoisotopic (exact) mass is 538 g/mol. The first-order valence-electron chi connectivity index (χ1n) is 12.5. The standard InChI is InChI=1S/C31H30N4O5/c1-21-7-9-25(10-8-21)19-32-20-28(37)33-27-17-13-24(14-18-27)6-4-3-5-23-11-15-26(16-12-23)30(38)34-29(22(2)36)31(39)35-40/h7-18,22,29,32,36,40H,19-20H2,1-2H3,(H,33,37)(H,34,38)(H,35,39)/t22-,29+/m1/s1. The predicted molar refractivity (Wildman–Crippen MR) is 151 cm³/mol. The smallest absolute Gasteiger partial charge is 0.268 e. The van der Waals surface area contributed by atoms with Crippen LogP contribution in [0.1, 0.15) is 39.5 Å². The Labute approximate surface area is 233 Å². The molecule has 0 spiro atoms. The Morgan fingerprint density at radius 3 is 1.98 bits per heavy atom. The van der Waals surface area contributed by atoms with Crippen LogP contribution in [0.2, 0.25) is 0 Å². The number of anilines is 1. The summed E-state index contributed by atoms with van der Waals surface area (Å²) in [7, 11) is 0. The van der Waals surface area contributed by atoms with Crippen molar-refractivity contribution in [2.45, 2.75) is 32.5 Å². The summed E-state index contributed by atoms with van der Waals surface area (Å²) in [6.45, 7) is 4.15. The van der Waals surface area contributed by atoms with Crippen LogP contribution in [-0.2, 0) is 16.1 Å². The molecule has 0 fully saturated rings. The highest BCUT2D eigenvalue weighted by atomic mass is 16.5. The molecule has 3 amide bonds. The first-order chi connectivity index (χ1) is 19.2. The molecule has 0 aliphatic carbocycles. The third-order valence-corrected chi connectivity index (χ3v) is 5.69. The van der Waals surface area contributed by atoms with Gasteiger partial charge in [0.15, 0.2) is 0 Å². The number of hydroxylamine groups is 1. The van der Waals surface area contributed by atoms with Crippen LogP contribution >= 0.6 is 0 Å². The van der Waals surface area contributed by atoms with Gasteiger partial charge in [-0.1, -0.05) is 41.7 Å². The number of aliphatic hydroxyl groups excluding tert-OH is 1. The van der Waals surface area contributed by atoms with Gasteiger partial charge in [-0.2, -0.15) is 0 Å². The van der Waals surface area contributed by atoms with E-state index in [1.165, 1.54) is 30.1 Å². The van der Waals surface area contributed by atoms with Crippen LogP contribution in [-0.4, -0.2) is 46.7 Å². The largest absolute Gasteiger partial charge is 0.391 e. The predicted octanol–water partition coefficient (Wildman–Crippen LogP) is 2.11. The number of nitrogens with one attached hydrogen (secondary N) is 4. The van der Waals surface area contributed by atoms with Crippen molar-refractivity contribution in [1.29, 1.82) is 0 Å². The molecule has 3 aromatic rings. The first-order valence-corrected chi connectivity index (χ1v) is 12.5. The second-order valence-corrected chi connectivity index (χ2v) is 8.96. The molecule has 0 bridgehead atoms. The molecule has 204 valence electrons. The maximum Gasteiger partial charge on any atom is 0.268 e. The topological polar surface area (TPSA) is 140 Å². The highest BCUT2D eigenvalue weighted by Crippen LogP contribution is 2.09. The Balaban J connectivity index is 1.47. The number of amides is 3. The summed E-state index contributed by atoms with van der Waals surface area (Å²) < 4.78 is 0. The number of carbonyl (C=O) groups excluding carboxylic acids is 3. The Hall–Kier alpha value is -4.93. The lowest BCUT2D eigenvalue weighted by Gasteiger charge is -2.19. The van der Waals surface area contributed by atoms with Crippen molar-refractivity contribution >= 4 is 23.4 Å². The minimum Gasteiger partial charge on any atom is -0.391 e. The van der Waals surface area contributed by atoms with Crippen LogP contribution < -0.4 is 21.4 Å². The second-order valence-electron chi connectivity index (χ2n) is 8.96. The van der Waals surface area contributed by atoms with Gasteiger partial charge < -0.3 is 21.1 Å². The summed E-state index contributed by atoms with van der Waals surface area (Å²) in [6, 6.07) is 20.2. The zero-order chi connectivity index (χ0) is 28.9. The van der Waals surface area contributed by atoms with Gasteiger partial charge in [-0.3, -0.25) is 19.6 Å². The fourth-order valence-electron chi connectivity index (χ4n) is 3.48. The van der Waals surface area contributed by atoms with Gasteiger partial charge in [0.05, 0.1) is 12.6 Å². The Kier molecular flexibility index (Phi) is 11.0. The van der Waals surface area contributed by atoms with Crippen molar-refractivity contribution in [1.82, 2.24) is 16.1 Å². The van der Waals surface area contributed by atoms with Crippen molar-refractivity contribution in [2.24, 2.45) is 0 Å². The molecule has 3 aromatic carbocycles. The molecular weight excluding hydrogens is 508 g/mol. The van der Waals surface area contributed by atoms with Crippen LogP contribution in [0.5, 0.6) is 0 Å². The normalized spacial score (nSPS) is 11.5. The van der Waals surface area contributed by atoms with Crippen molar-refractivity contribution < 1.29 is 24.7 Å². The van der Waals surface area contributed by atoms with E-state index in [1.54, 1.807) is 36.4 Å². The van der Waals surface area contributed by atoms with Gasteiger partial charge in [0, 0.05) is 28.9 Å². The average Bonchev–Trinajstić information content (AvgIpc) is 2.95. The Morgan fingerprint density at radius 2 is 1.43 bits per heavy atom. The number of aliphatic hydroxyl groups is 1. The van der Waals surface area contributed by atoms with E-state index >= 15 is 0 Å². The summed E-state index contributed by atoms with van der Waals surface area (Å²) in [6.07, 6.45) is -1.20. The molecule has 3 rings (SSSR count). The van der Waals surface area contributed by atoms with Gasteiger partial charge in [-0.25, -0.2) is 5.48 Å². The van der Waals surface area contributed by atoms with Gasteiger partial charge in [0.25, 0.3) is 11.8 Å². The van der Waals surface area contributed by atoms with Gasteiger partial charge in [0.2, 0.25) is 5.91 Å². The fourth-order valence-corrected chi connectivity index (χ4v) is 3.48. The summed E-state index contributed by atoms with van der Waals surface area (Å²) in [5.41, 5.74) is 5.99. The van der Waals surface area contributed by atoms with Crippen LogP contribution in [0.4, 0.5) is 5.69 Å². The Morgan fingerprint density at radius 1 is 0.850 bits per heavy atom. The first kappa shape index (κ1) is 29.6. The molecule has 9 heteroatoms. The molecular formula is C31H30N4O5. The fraction of sp³-hybridized carbons (Fsp3) is 0.194. The van der Waals surface area contributed by atoms with E-state index in [2.05, 4.69) is 39.6 Å². The van der Waals surface area contributed by atoms with Crippen molar-refractivity contribution in [2.75, 3.05) is 11.9 Å². The summed E-state index contributed by atoms with van der Waals surface area (Å²) in [4.78, 5) is 36.1. The lowest BCUT2D eigenvalue weighted by atomic mass is 10.1. The van der Waals surface area contributed by atoms with E-state index < -0.39 is 24.0 Å². The van der Waals surface area contributed by atoms with E-state index in [9.17, 15) is 19.5 Å². The summed E-state index contributed by atoms with van der Waals surface area (Å²) in [5.74, 6) is 9.68. The second kappa shape index (κ2) is 14.9.